The fourth-order valence-corrected chi connectivity index (χ4v) is 2.68. The van der Waals surface area contributed by atoms with E-state index in [4.69, 9.17) is 4.52 Å². The third-order valence-electron chi connectivity index (χ3n) is 3.64. The molecule has 0 aliphatic carbocycles. The zero-order valence-electron chi connectivity index (χ0n) is 11.7. The molecule has 3 heterocycles. The van der Waals surface area contributed by atoms with Crippen LogP contribution in [0.2, 0.25) is 0 Å². The van der Waals surface area contributed by atoms with E-state index >= 15 is 0 Å². The van der Waals surface area contributed by atoms with Crippen molar-refractivity contribution in [1.29, 1.82) is 0 Å². The molecule has 6 heteroatoms. The predicted molar refractivity (Wildman–Crippen MR) is 72.3 cm³/mol. The average Bonchev–Trinajstić information content (AvgIpc) is 3.11. The summed E-state index contributed by atoms with van der Waals surface area (Å²) in [4.78, 5) is 14.3. The van der Waals surface area contributed by atoms with E-state index < -0.39 is 0 Å². The van der Waals surface area contributed by atoms with E-state index in [1.165, 1.54) is 0 Å². The van der Waals surface area contributed by atoms with Gasteiger partial charge >= 0.3 is 0 Å². The van der Waals surface area contributed by atoms with Crippen LogP contribution in [0.5, 0.6) is 0 Å². The minimum atomic E-state index is -0.0722. The summed E-state index contributed by atoms with van der Waals surface area (Å²) in [5.74, 6) is 0.253. The average molecular weight is 274 g/mol. The van der Waals surface area contributed by atoms with Crippen LogP contribution >= 0.6 is 0 Å². The van der Waals surface area contributed by atoms with Crippen LogP contribution in [0.25, 0.3) is 0 Å². The predicted octanol–water partition coefficient (Wildman–Crippen LogP) is 1.79. The monoisotopic (exact) mass is 274 g/mol. The topological polar surface area (TPSA) is 64.2 Å². The van der Waals surface area contributed by atoms with Crippen LogP contribution in [0.3, 0.4) is 0 Å². The minimum Gasteiger partial charge on any atom is -0.351 e. The van der Waals surface area contributed by atoms with Gasteiger partial charge in [0.15, 0.2) is 0 Å². The van der Waals surface area contributed by atoms with Crippen molar-refractivity contribution in [3.8, 4) is 0 Å². The lowest BCUT2D eigenvalue weighted by atomic mass is 10.2. The van der Waals surface area contributed by atoms with Crippen molar-refractivity contribution in [2.75, 3.05) is 6.54 Å². The molecule has 0 aromatic carbocycles. The zero-order valence-corrected chi connectivity index (χ0v) is 11.7. The molecule has 0 radical (unpaired) electrons. The maximum atomic E-state index is 12.4. The number of aromatic nitrogens is 3. The van der Waals surface area contributed by atoms with E-state index in [9.17, 15) is 4.79 Å². The molecule has 1 aliphatic rings. The van der Waals surface area contributed by atoms with Gasteiger partial charge in [0.05, 0.1) is 24.5 Å². The maximum Gasteiger partial charge on any atom is 0.292 e. The lowest BCUT2D eigenvalue weighted by Crippen LogP contribution is -2.38. The smallest absolute Gasteiger partial charge is 0.292 e. The summed E-state index contributed by atoms with van der Waals surface area (Å²) in [5, 5.41) is 8.07. The normalized spacial score (nSPS) is 18.7. The number of hydrogen-bond acceptors (Lipinski definition) is 4. The van der Waals surface area contributed by atoms with Crippen molar-refractivity contribution in [1.82, 2.24) is 19.8 Å². The standard InChI is InChI=1S/C14H18N4O2/c1-10-7-15-17(8-10)9-12-4-3-5-18(12)14(19)13-6-11(2)16-20-13/h6-8,12H,3-5,9H2,1-2H3. The summed E-state index contributed by atoms with van der Waals surface area (Å²) in [6, 6.07) is 1.86. The molecule has 1 unspecified atom stereocenters. The summed E-state index contributed by atoms with van der Waals surface area (Å²) in [5.41, 5.74) is 1.86. The van der Waals surface area contributed by atoms with E-state index in [2.05, 4.69) is 10.3 Å². The number of hydrogen-bond donors (Lipinski definition) is 0. The van der Waals surface area contributed by atoms with Gasteiger partial charge in [-0.05, 0) is 32.3 Å². The van der Waals surface area contributed by atoms with Crippen LogP contribution in [-0.2, 0) is 6.54 Å². The Balaban J connectivity index is 1.73. The molecule has 1 aliphatic heterocycles. The highest BCUT2D eigenvalue weighted by molar-refractivity contribution is 5.91. The number of carbonyl (C=O) groups is 1. The molecule has 1 amide bonds. The first-order valence-electron chi connectivity index (χ1n) is 6.87. The van der Waals surface area contributed by atoms with Crippen molar-refractivity contribution >= 4 is 5.91 Å². The number of carbonyl (C=O) groups excluding carboxylic acids is 1. The molecule has 20 heavy (non-hydrogen) atoms. The summed E-state index contributed by atoms with van der Waals surface area (Å²) in [6.45, 7) is 5.32. The van der Waals surface area contributed by atoms with E-state index in [1.807, 2.05) is 35.8 Å². The molecule has 3 rings (SSSR count). The largest absolute Gasteiger partial charge is 0.351 e. The van der Waals surface area contributed by atoms with Gasteiger partial charge in [0.1, 0.15) is 0 Å². The first kappa shape index (κ1) is 12.9. The quantitative estimate of drug-likeness (QED) is 0.856. The van der Waals surface area contributed by atoms with E-state index in [-0.39, 0.29) is 11.9 Å². The molecular weight excluding hydrogens is 256 g/mol. The molecule has 1 atom stereocenters. The fraction of sp³-hybridized carbons (Fsp3) is 0.500. The van der Waals surface area contributed by atoms with Crippen LogP contribution in [0.1, 0.15) is 34.7 Å². The Kier molecular flexibility index (Phi) is 3.30. The van der Waals surface area contributed by atoms with Crippen LogP contribution in [-0.4, -0.2) is 38.3 Å². The highest BCUT2D eigenvalue weighted by Crippen LogP contribution is 2.21. The van der Waals surface area contributed by atoms with Crippen molar-refractivity contribution in [2.45, 2.75) is 39.3 Å². The maximum absolute atomic E-state index is 12.4. The molecule has 2 aromatic rings. The van der Waals surface area contributed by atoms with Gasteiger partial charge in [-0.15, -0.1) is 0 Å². The Hall–Kier alpha value is -2.11. The second-order valence-electron chi connectivity index (χ2n) is 5.37. The number of aryl methyl sites for hydroxylation is 2. The Labute approximate surface area is 117 Å². The second-order valence-corrected chi connectivity index (χ2v) is 5.37. The van der Waals surface area contributed by atoms with Gasteiger partial charge in [-0.2, -0.15) is 5.10 Å². The Morgan fingerprint density at radius 1 is 1.50 bits per heavy atom. The van der Waals surface area contributed by atoms with Gasteiger partial charge in [0.2, 0.25) is 5.76 Å². The second kappa shape index (κ2) is 5.11. The van der Waals surface area contributed by atoms with Gasteiger partial charge in [-0.1, -0.05) is 5.16 Å². The molecule has 0 spiro atoms. The van der Waals surface area contributed by atoms with Gasteiger partial charge in [0, 0.05) is 18.8 Å². The molecule has 0 saturated carbocycles. The van der Waals surface area contributed by atoms with Crippen LogP contribution in [0.15, 0.2) is 23.0 Å². The van der Waals surface area contributed by atoms with E-state index in [0.29, 0.717) is 5.76 Å². The van der Waals surface area contributed by atoms with E-state index in [1.54, 1.807) is 6.07 Å². The molecule has 1 saturated heterocycles. The summed E-state index contributed by atoms with van der Waals surface area (Å²) in [7, 11) is 0. The number of nitrogens with zero attached hydrogens (tertiary/aromatic N) is 4. The van der Waals surface area contributed by atoms with Crippen molar-refractivity contribution < 1.29 is 9.32 Å². The molecule has 1 fully saturated rings. The molecular formula is C14H18N4O2. The Bertz CT molecular complexity index is 616. The van der Waals surface area contributed by atoms with Crippen molar-refractivity contribution in [2.24, 2.45) is 0 Å². The fourth-order valence-electron chi connectivity index (χ4n) is 2.68. The summed E-state index contributed by atoms with van der Waals surface area (Å²) in [6.07, 6.45) is 5.85. The van der Waals surface area contributed by atoms with E-state index in [0.717, 1.165) is 37.2 Å². The molecule has 0 N–H and O–H groups in total. The van der Waals surface area contributed by atoms with Crippen LogP contribution in [0, 0.1) is 13.8 Å². The third kappa shape index (κ3) is 2.45. The highest BCUT2D eigenvalue weighted by atomic mass is 16.5. The minimum absolute atomic E-state index is 0.0722. The van der Waals surface area contributed by atoms with Gasteiger partial charge < -0.3 is 9.42 Å². The molecule has 106 valence electrons. The van der Waals surface area contributed by atoms with Gasteiger partial charge in [0.25, 0.3) is 5.91 Å². The first-order chi connectivity index (χ1) is 9.63. The van der Waals surface area contributed by atoms with Gasteiger partial charge in [-0.3, -0.25) is 9.48 Å². The summed E-state index contributed by atoms with van der Waals surface area (Å²) < 4.78 is 6.98. The summed E-state index contributed by atoms with van der Waals surface area (Å²) >= 11 is 0. The SMILES string of the molecule is Cc1cnn(CC2CCCN2C(=O)c2cc(C)no2)c1. The van der Waals surface area contributed by atoms with Gasteiger partial charge in [-0.25, -0.2) is 0 Å². The Morgan fingerprint density at radius 2 is 2.35 bits per heavy atom. The number of rotatable bonds is 3. The van der Waals surface area contributed by atoms with Crippen molar-refractivity contribution in [3.63, 3.8) is 0 Å². The zero-order chi connectivity index (χ0) is 14.1. The molecule has 2 aromatic heterocycles. The first-order valence-corrected chi connectivity index (χ1v) is 6.87. The highest BCUT2D eigenvalue weighted by Gasteiger charge is 2.31. The lowest BCUT2D eigenvalue weighted by molar-refractivity contribution is 0.0679. The molecule has 0 bridgehead atoms. The van der Waals surface area contributed by atoms with Crippen LogP contribution < -0.4 is 0 Å². The lowest BCUT2D eigenvalue weighted by Gasteiger charge is -2.23. The molecule has 6 nitrogen and oxygen atoms in total. The number of likely N-dealkylation sites (tertiary alicyclic amines) is 1. The van der Waals surface area contributed by atoms with Crippen molar-refractivity contribution in [3.05, 3.63) is 35.5 Å². The number of amides is 1. The van der Waals surface area contributed by atoms with Crippen LogP contribution in [0.4, 0.5) is 0 Å². The third-order valence-corrected chi connectivity index (χ3v) is 3.64. The Morgan fingerprint density at radius 3 is 3.00 bits per heavy atom.